The maximum absolute atomic E-state index is 12.2. The summed E-state index contributed by atoms with van der Waals surface area (Å²) in [6.45, 7) is 0. The van der Waals surface area contributed by atoms with Gasteiger partial charge in [-0.2, -0.15) is 0 Å². The molecule has 0 atom stereocenters. The van der Waals surface area contributed by atoms with E-state index in [0.717, 1.165) is 4.90 Å². The normalized spacial score (nSPS) is 10.1. The van der Waals surface area contributed by atoms with Crippen molar-refractivity contribution in [3.8, 4) is 0 Å². The van der Waals surface area contributed by atoms with Gasteiger partial charge in [0, 0.05) is 16.1 Å². The molecule has 2 aromatic rings. The lowest BCUT2D eigenvalue weighted by Gasteiger charge is -2.08. The molecule has 0 heterocycles. The molecule has 2 aromatic carbocycles. The van der Waals surface area contributed by atoms with Crippen molar-refractivity contribution < 1.29 is 9.59 Å². The van der Waals surface area contributed by atoms with Crippen LogP contribution >= 0.6 is 11.8 Å². The molecule has 0 aliphatic rings. The monoisotopic (exact) mass is 286 g/mol. The summed E-state index contributed by atoms with van der Waals surface area (Å²) in [6.07, 6.45) is 1.92. The molecule has 102 valence electrons. The summed E-state index contributed by atoms with van der Waals surface area (Å²) in [5.74, 6) is -0.669. The van der Waals surface area contributed by atoms with Crippen LogP contribution in [0.5, 0.6) is 0 Å². The van der Waals surface area contributed by atoms with Crippen molar-refractivity contribution in [1.82, 2.24) is 0 Å². The largest absolute Gasteiger partial charge is 0.366 e. The average Bonchev–Trinajstić information content (AvgIpc) is 2.47. The third-order valence-electron chi connectivity index (χ3n) is 2.78. The average molecular weight is 286 g/mol. The Kier molecular flexibility index (Phi) is 4.42. The molecular formula is C15H14N2O2S. The number of anilines is 1. The molecule has 2 amide bonds. The number of nitrogens with two attached hydrogens (primary N) is 1. The van der Waals surface area contributed by atoms with Crippen LogP contribution in [0.15, 0.2) is 53.4 Å². The van der Waals surface area contributed by atoms with Crippen LogP contribution in [0.2, 0.25) is 0 Å². The topological polar surface area (TPSA) is 72.2 Å². The highest BCUT2D eigenvalue weighted by atomic mass is 32.2. The van der Waals surface area contributed by atoms with Crippen LogP contribution in [0.3, 0.4) is 0 Å². The fraction of sp³-hybridized carbons (Fsp3) is 0.0667. The number of hydrogen-bond donors (Lipinski definition) is 2. The number of carbonyl (C=O) groups excluding carboxylic acids is 2. The van der Waals surface area contributed by atoms with E-state index in [4.69, 9.17) is 5.73 Å². The van der Waals surface area contributed by atoms with Crippen molar-refractivity contribution in [2.45, 2.75) is 4.90 Å². The zero-order chi connectivity index (χ0) is 14.5. The van der Waals surface area contributed by atoms with E-state index in [-0.39, 0.29) is 5.91 Å². The third-order valence-corrected chi connectivity index (χ3v) is 3.57. The third kappa shape index (κ3) is 3.19. The molecule has 4 nitrogen and oxygen atoms in total. The van der Waals surface area contributed by atoms with Crippen LogP contribution in [0.25, 0.3) is 0 Å². The first kappa shape index (κ1) is 14.1. The van der Waals surface area contributed by atoms with E-state index in [1.807, 2.05) is 24.5 Å². The van der Waals surface area contributed by atoms with Crippen LogP contribution in [0.1, 0.15) is 20.7 Å². The maximum Gasteiger partial charge on any atom is 0.256 e. The number of hydrogen-bond acceptors (Lipinski definition) is 3. The molecule has 5 heteroatoms. The fourth-order valence-electron chi connectivity index (χ4n) is 1.75. The lowest BCUT2D eigenvalue weighted by Crippen LogP contribution is -2.14. The van der Waals surface area contributed by atoms with Gasteiger partial charge in [-0.25, -0.2) is 0 Å². The van der Waals surface area contributed by atoms with Gasteiger partial charge >= 0.3 is 0 Å². The lowest BCUT2D eigenvalue weighted by molar-refractivity contribution is 0.0998. The van der Waals surface area contributed by atoms with Crippen molar-refractivity contribution in [2.24, 2.45) is 5.73 Å². The Morgan fingerprint density at radius 2 is 1.70 bits per heavy atom. The molecule has 20 heavy (non-hydrogen) atoms. The zero-order valence-corrected chi connectivity index (χ0v) is 11.7. The van der Waals surface area contributed by atoms with Crippen molar-refractivity contribution in [1.29, 1.82) is 0 Å². The van der Waals surface area contributed by atoms with Gasteiger partial charge < -0.3 is 11.1 Å². The highest BCUT2D eigenvalue weighted by molar-refractivity contribution is 7.98. The summed E-state index contributed by atoms with van der Waals surface area (Å²) in [5, 5.41) is 2.79. The Bertz CT molecular complexity index is 639. The highest BCUT2D eigenvalue weighted by Gasteiger charge is 2.10. The van der Waals surface area contributed by atoms with Crippen LogP contribution in [0.4, 0.5) is 5.69 Å². The Morgan fingerprint density at radius 3 is 2.30 bits per heavy atom. The number of benzene rings is 2. The first-order valence-electron chi connectivity index (χ1n) is 5.96. The van der Waals surface area contributed by atoms with Gasteiger partial charge in [-0.05, 0) is 42.7 Å². The Hall–Kier alpha value is -2.27. The van der Waals surface area contributed by atoms with E-state index in [1.54, 1.807) is 30.3 Å². The Morgan fingerprint density at radius 1 is 1.05 bits per heavy atom. The van der Waals surface area contributed by atoms with Crippen molar-refractivity contribution in [3.05, 3.63) is 59.7 Å². The molecule has 0 fully saturated rings. The van der Waals surface area contributed by atoms with Gasteiger partial charge in [0.25, 0.3) is 5.91 Å². The van der Waals surface area contributed by atoms with Crippen LogP contribution < -0.4 is 11.1 Å². The van der Waals surface area contributed by atoms with Gasteiger partial charge in [0.15, 0.2) is 0 Å². The Labute approximate surface area is 121 Å². The maximum atomic E-state index is 12.2. The minimum Gasteiger partial charge on any atom is -0.366 e. The summed E-state index contributed by atoms with van der Waals surface area (Å²) in [6, 6.07) is 13.9. The number of thioether (sulfide) groups is 1. The van der Waals surface area contributed by atoms with Gasteiger partial charge in [0.1, 0.15) is 0 Å². The van der Waals surface area contributed by atoms with Crippen molar-refractivity contribution in [3.63, 3.8) is 0 Å². The van der Waals surface area contributed by atoms with Crippen LogP contribution in [0, 0.1) is 0 Å². The molecule has 0 radical (unpaired) electrons. The lowest BCUT2D eigenvalue weighted by atomic mass is 10.1. The van der Waals surface area contributed by atoms with E-state index in [9.17, 15) is 9.59 Å². The predicted molar refractivity (Wildman–Crippen MR) is 81.1 cm³/mol. The van der Waals surface area contributed by atoms with Crippen molar-refractivity contribution >= 4 is 29.3 Å². The number of amides is 2. The van der Waals surface area contributed by atoms with Crippen molar-refractivity contribution in [2.75, 3.05) is 11.6 Å². The summed E-state index contributed by atoms with van der Waals surface area (Å²) in [7, 11) is 0. The zero-order valence-electron chi connectivity index (χ0n) is 10.9. The molecule has 3 N–H and O–H groups in total. The first-order chi connectivity index (χ1) is 9.61. The Balaban J connectivity index is 2.17. The molecule has 0 unspecified atom stereocenters. The minimum atomic E-state index is -0.490. The SMILES string of the molecule is CSc1ccccc1C(=O)Nc1ccc(C(N)=O)cc1. The summed E-state index contributed by atoms with van der Waals surface area (Å²) >= 11 is 1.52. The van der Waals surface area contributed by atoms with Crippen LogP contribution in [-0.2, 0) is 0 Å². The van der Waals surface area contributed by atoms with Gasteiger partial charge in [0.05, 0.1) is 5.56 Å². The number of rotatable bonds is 4. The van der Waals surface area contributed by atoms with Gasteiger partial charge in [-0.1, -0.05) is 12.1 Å². The van der Waals surface area contributed by atoms with E-state index in [2.05, 4.69) is 5.32 Å². The summed E-state index contributed by atoms with van der Waals surface area (Å²) < 4.78 is 0. The predicted octanol–water partition coefficient (Wildman–Crippen LogP) is 2.76. The smallest absolute Gasteiger partial charge is 0.256 e. The molecule has 0 bridgehead atoms. The first-order valence-corrected chi connectivity index (χ1v) is 7.18. The van der Waals surface area contributed by atoms with E-state index >= 15 is 0 Å². The fourth-order valence-corrected chi connectivity index (χ4v) is 2.34. The molecule has 0 aromatic heterocycles. The van der Waals surface area contributed by atoms with Crippen LogP contribution in [-0.4, -0.2) is 18.1 Å². The molecule has 0 aliphatic heterocycles. The number of nitrogens with one attached hydrogen (secondary N) is 1. The molecule has 0 spiro atoms. The molecule has 0 saturated carbocycles. The second-order valence-corrected chi connectivity index (χ2v) is 4.94. The minimum absolute atomic E-state index is 0.179. The van der Waals surface area contributed by atoms with Gasteiger partial charge in [-0.15, -0.1) is 11.8 Å². The summed E-state index contributed by atoms with van der Waals surface area (Å²) in [4.78, 5) is 24.1. The molecule has 2 rings (SSSR count). The highest BCUT2D eigenvalue weighted by Crippen LogP contribution is 2.21. The second kappa shape index (κ2) is 6.25. The van der Waals surface area contributed by atoms with E-state index in [1.165, 1.54) is 11.8 Å². The number of primary amides is 1. The van der Waals surface area contributed by atoms with Gasteiger partial charge in [-0.3, -0.25) is 9.59 Å². The van der Waals surface area contributed by atoms with Gasteiger partial charge in [0.2, 0.25) is 5.91 Å². The standard InChI is InChI=1S/C15H14N2O2S/c1-20-13-5-3-2-4-12(13)15(19)17-11-8-6-10(7-9-11)14(16)18/h2-9H,1H3,(H2,16,18)(H,17,19). The summed E-state index contributed by atoms with van der Waals surface area (Å²) in [5.41, 5.74) is 6.82. The second-order valence-electron chi connectivity index (χ2n) is 4.10. The van der Waals surface area contributed by atoms with E-state index in [0.29, 0.717) is 16.8 Å². The molecule has 0 saturated heterocycles. The molecular weight excluding hydrogens is 272 g/mol. The number of carbonyl (C=O) groups is 2. The quantitative estimate of drug-likeness (QED) is 0.849. The molecule has 0 aliphatic carbocycles. The van der Waals surface area contributed by atoms with E-state index < -0.39 is 5.91 Å².